The van der Waals surface area contributed by atoms with Crippen LogP contribution in [0.25, 0.3) is 0 Å². The van der Waals surface area contributed by atoms with Crippen molar-refractivity contribution < 1.29 is 29.9 Å². The Kier molecular flexibility index (Phi) is 7.69. The van der Waals surface area contributed by atoms with Gasteiger partial charge < -0.3 is 29.9 Å². The predicted octanol–water partition coefficient (Wildman–Crippen LogP) is 0.741. The summed E-state index contributed by atoms with van der Waals surface area (Å²) in [5, 5.41) is 36.0. The van der Waals surface area contributed by atoms with Gasteiger partial charge in [-0.05, 0) is 41.8 Å². The topological polar surface area (TPSA) is 99.4 Å². The second-order valence-corrected chi connectivity index (χ2v) is 5.76. The highest BCUT2D eigenvalue weighted by Gasteiger charge is 2.05. The molecular formula is C19H24O6. The van der Waals surface area contributed by atoms with Crippen molar-refractivity contribution in [2.75, 3.05) is 26.4 Å². The van der Waals surface area contributed by atoms with E-state index in [1.165, 1.54) is 0 Å². The fraction of sp³-hybridized carbons (Fsp3) is 0.368. The first-order valence-electron chi connectivity index (χ1n) is 8.12. The summed E-state index contributed by atoms with van der Waals surface area (Å²) in [4.78, 5) is 0. The van der Waals surface area contributed by atoms with E-state index in [9.17, 15) is 10.2 Å². The molecule has 2 rings (SSSR count). The molecule has 0 aliphatic rings. The zero-order valence-electron chi connectivity index (χ0n) is 13.9. The zero-order valence-corrected chi connectivity index (χ0v) is 13.9. The smallest absolute Gasteiger partial charge is 0.119 e. The number of benzene rings is 2. The normalized spacial score (nSPS) is 13.3. The lowest BCUT2D eigenvalue weighted by molar-refractivity contribution is 0.0536. The molecular weight excluding hydrogens is 324 g/mol. The van der Waals surface area contributed by atoms with Gasteiger partial charge in [0.25, 0.3) is 0 Å². The minimum atomic E-state index is -0.876. The maximum absolute atomic E-state index is 9.26. The Morgan fingerprint density at radius 2 is 1.00 bits per heavy atom. The number of rotatable bonds is 10. The lowest BCUT2D eigenvalue weighted by Gasteiger charge is -2.11. The molecule has 0 aliphatic carbocycles. The van der Waals surface area contributed by atoms with Crippen molar-refractivity contribution in [2.45, 2.75) is 18.6 Å². The molecule has 0 bridgehead atoms. The van der Waals surface area contributed by atoms with Gasteiger partial charge in [-0.15, -0.1) is 0 Å². The van der Waals surface area contributed by atoms with Crippen LogP contribution in [0.15, 0.2) is 48.5 Å². The molecule has 2 aromatic rings. The fourth-order valence-corrected chi connectivity index (χ4v) is 2.13. The third-order valence-electron chi connectivity index (χ3n) is 3.56. The minimum absolute atomic E-state index is 0.0578. The first-order valence-corrected chi connectivity index (χ1v) is 8.12. The average Bonchev–Trinajstić information content (AvgIpc) is 2.66. The van der Waals surface area contributed by atoms with Crippen LogP contribution in [0.5, 0.6) is 11.5 Å². The highest BCUT2D eigenvalue weighted by atomic mass is 16.5. The van der Waals surface area contributed by atoms with Gasteiger partial charge in [-0.3, -0.25) is 0 Å². The number of ether oxygens (including phenoxy) is 2. The molecule has 136 valence electrons. The fourth-order valence-electron chi connectivity index (χ4n) is 2.13. The highest BCUT2D eigenvalue weighted by molar-refractivity contribution is 5.34. The van der Waals surface area contributed by atoms with Crippen LogP contribution in [0.3, 0.4) is 0 Å². The van der Waals surface area contributed by atoms with Gasteiger partial charge in [0, 0.05) is 0 Å². The Balaban J connectivity index is 1.85. The molecule has 0 saturated carbocycles. The van der Waals surface area contributed by atoms with Crippen molar-refractivity contribution in [2.24, 2.45) is 0 Å². The second kappa shape index (κ2) is 10.0. The zero-order chi connectivity index (χ0) is 18.1. The summed E-state index contributed by atoms with van der Waals surface area (Å²) in [5.41, 5.74) is 2.22. The van der Waals surface area contributed by atoms with Crippen LogP contribution in [0.1, 0.15) is 11.1 Å². The van der Waals surface area contributed by atoms with E-state index in [0.717, 1.165) is 17.5 Å². The van der Waals surface area contributed by atoms with E-state index in [-0.39, 0.29) is 26.4 Å². The van der Waals surface area contributed by atoms with Crippen LogP contribution < -0.4 is 9.47 Å². The van der Waals surface area contributed by atoms with Crippen LogP contribution in [0.4, 0.5) is 0 Å². The van der Waals surface area contributed by atoms with Crippen LogP contribution in [0, 0.1) is 0 Å². The molecule has 0 radical (unpaired) electrons. The van der Waals surface area contributed by atoms with Gasteiger partial charge in [0.15, 0.2) is 0 Å². The summed E-state index contributed by atoms with van der Waals surface area (Å²) in [6, 6.07) is 15.1. The predicted molar refractivity (Wildman–Crippen MR) is 92.9 cm³/mol. The van der Waals surface area contributed by atoms with E-state index in [2.05, 4.69) is 0 Å². The molecule has 0 amide bonds. The number of aliphatic hydroxyl groups excluding tert-OH is 4. The van der Waals surface area contributed by atoms with Crippen LogP contribution in [-0.2, 0) is 6.42 Å². The molecule has 0 unspecified atom stereocenters. The molecule has 0 heterocycles. The Morgan fingerprint density at radius 3 is 1.32 bits per heavy atom. The van der Waals surface area contributed by atoms with Gasteiger partial charge in [-0.2, -0.15) is 0 Å². The first-order chi connectivity index (χ1) is 12.1. The third-order valence-corrected chi connectivity index (χ3v) is 3.56. The van der Waals surface area contributed by atoms with E-state index >= 15 is 0 Å². The quantitative estimate of drug-likeness (QED) is 0.505. The van der Waals surface area contributed by atoms with Crippen LogP contribution in [0.2, 0.25) is 0 Å². The van der Waals surface area contributed by atoms with Crippen molar-refractivity contribution in [1.82, 2.24) is 0 Å². The van der Waals surface area contributed by atoms with E-state index < -0.39 is 12.2 Å². The van der Waals surface area contributed by atoms with E-state index in [1.807, 2.05) is 48.5 Å². The summed E-state index contributed by atoms with van der Waals surface area (Å²) >= 11 is 0. The first kappa shape index (κ1) is 19.2. The van der Waals surface area contributed by atoms with Gasteiger partial charge in [-0.1, -0.05) is 24.3 Å². The van der Waals surface area contributed by atoms with E-state index in [0.29, 0.717) is 11.5 Å². The molecule has 4 N–H and O–H groups in total. The summed E-state index contributed by atoms with van der Waals surface area (Å²) < 4.78 is 10.7. The molecule has 0 aromatic heterocycles. The Bertz CT molecular complexity index is 555. The molecule has 0 spiro atoms. The lowest BCUT2D eigenvalue weighted by atomic mass is 10.0. The second-order valence-electron chi connectivity index (χ2n) is 5.76. The van der Waals surface area contributed by atoms with Crippen molar-refractivity contribution in [3.05, 3.63) is 59.7 Å². The maximum atomic E-state index is 9.26. The molecule has 6 nitrogen and oxygen atoms in total. The molecule has 0 aliphatic heterocycles. The van der Waals surface area contributed by atoms with Crippen molar-refractivity contribution in [3.63, 3.8) is 0 Å². The number of hydrogen-bond donors (Lipinski definition) is 4. The molecule has 25 heavy (non-hydrogen) atoms. The summed E-state index contributed by atoms with van der Waals surface area (Å²) in [6.07, 6.45) is -1.00. The summed E-state index contributed by atoms with van der Waals surface area (Å²) in [5.74, 6) is 1.28. The van der Waals surface area contributed by atoms with Gasteiger partial charge in [0.1, 0.15) is 36.9 Å². The van der Waals surface area contributed by atoms with Crippen LogP contribution >= 0.6 is 0 Å². The molecule has 6 heteroatoms. The number of aliphatic hydroxyl groups is 4. The van der Waals surface area contributed by atoms with E-state index in [4.69, 9.17) is 19.7 Å². The number of hydrogen-bond acceptors (Lipinski definition) is 6. The summed E-state index contributed by atoms with van der Waals surface area (Å²) in [6.45, 7) is -0.530. The van der Waals surface area contributed by atoms with Gasteiger partial charge in [0.05, 0.1) is 13.2 Å². The highest BCUT2D eigenvalue weighted by Crippen LogP contribution is 2.18. The Morgan fingerprint density at radius 1 is 0.640 bits per heavy atom. The molecule has 2 atom stereocenters. The largest absolute Gasteiger partial charge is 0.491 e. The van der Waals surface area contributed by atoms with Crippen molar-refractivity contribution in [3.8, 4) is 11.5 Å². The van der Waals surface area contributed by atoms with Gasteiger partial charge >= 0.3 is 0 Å². The lowest BCUT2D eigenvalue weighted by Crippen LogP contribution is -2.21. The Labute approximate surface area is 146 Å². The standard InChI is InChI=1S/C19H24O6/c20-10-16(22)12-24-18-5-1-14(2-6-18)9-15-3-7-19(8-4-15)25-13-17(23)11-21/h1-8,16-17,20-23H,9-13H2/t16-,17+. The molecule has 0 saturated heterocycles. The average molecular weight is 348 g/mol. The van der Waals surface area contributed by atoms with Crippen LogP contribution in [-0.4, -0.2) is 59.1 Å². The van der Waals surface area contributed by atoms with E-state index in [1.54, 1.807) is 0 Å². The summed E-state index contributed by atoms with van der Waals surface area (Å²) in [7, 11) is 0. The van der Waals surface area contributed by atoms with Gasteiger partial charge in [-0.25, -0.2) is 0 Å². The Hall–Kier alpha value is -2.12. The maximum Gasteiger partial charge on any atom is 0.119 e. The minimum Gasteiger partial charge on any atom is -0.491 e. The molecule has 2 aromatic carbocycles. The van der Waals surface area contributed by atoms with Crippen molar-refractivity contribution >= 4 is 0 Å². The monoisotopic (exact) mass is 348 g/mol. The van der Waals surface area contributed by atoms with Crippen molar-refractivity contribution in [1.29, 1.82) is 0 Å². The molecule has 0 fully saturated rings. The SMILES string of the molecule is OC[C@@H](O)COc1ccc(Cc2ccc(OC[C@@H](O)CO)cc2)cc1. The van der Waals surface area contributed by atoms with Gasteiger partial charge in [0.2, 0.25) is 0 Å². The third kappa shape index (κ3) is 6.72.